The van der Waals surface area contributed by atoms with Gasteiger partial charge in [-0.15, -0.1) is 0 Å². The molecule has 0 aromatic carbocycles. The maximum atomic E-state index is 11.7. The van der Waals surface area contributed by atoms with E-state index in [0.717, 1.165) is 6.08 Å². The third-order valence-electron chi connectivity index (χ3n) is 3.54. The summed E-state index contributed by atoms with van der Waals surface area (Å²) in [6, 6.07) is 0. The van der Waals surface area contributed by atoms with Gasteiger partial charge in [0, 0.05) is 18.9 Å². The fourth-order valence-electron chi connectivity index (χ4n) is 3.10. The quantitative estimate of drug-likeness (QED) is 0.577. The summed E-state index contributed by atoms with van der Waals surface area (Å²) in [6.07, 6.45) is 0.235. The van der Waals surface area contributed by atoms with Gasteiger partial charge in [0.15, 0.2) is 11.6 Å². The Hall–Kier alpha value is -1.66. The molecule has 1 unspecified atom stereocenters. The van der Waals surface area contributed by atoms with Crippen LogP contribution < -0.4 is 0 Å². The standard InChI is InChI=1S/C12H12O6/c13-6-1-8(15)10-9(16)5-12(17)4-7(14)3-11(10,2-6)18-12/h1,15-17H,2-5H2/t11-,12?/m0/s1. The number of aliphatic hydroxyl groups excluding tert-OH is 2. The molecule has 18 heavy (non-hydrogen) atoms. The van der Waals surface area contributed by atoms with Gasteiger partial charge in [0.1, 0.15) is 22.9 Å². The van der Waals surface area contributed by atoms with Crippen LogP contribution in [0.3, 0.4) is 0 Å². The summed E-state index contributed by atoms with van der Waals surface area (Å²) in [4.78, 5) is 23.2. The highest BCUT2D eigenvalue weighted by Crippen LogP contribution is 2.50. The largest absolute Gasteiger partial charge is 0.512 e. The zero-order valence-electron chi connectivity index (χ0n) is 9.47. The first-order valence-corrected chi connectivity index (χ1v) is 5.64. The number of Topliss-reactive ketones (excluding diaryl/α,β-unsaturated/α-hetero) is 1. The Morgan fingerprint density at radius 1 is 1.11 bits per heavy atom. The highest BCUT2D eigenvalue weighted by atomic mass is 16.6. The average Bonchev–Trinajstić information content (AvgIpc) is 2.09. The Kier molecular flexibility index (Phi) is 2.04. The van der Waals surface area contributed by atoms with E-state index in [1.807, 2.05) is 0 Å². The van der Waals surface area contributed by atoms with E-state index in [-0.39, 0.29) is 48.6 Å². The van der Waals surface area contributed by atoms with Gasteiger partial charge in [0.05, 0.1) is 18.4 Å². The maximum absolute atomic E-state index is 11.7. The number of hydrogen-bond donors (Lipinski definition) is 3. The lowest BCUT2D eigenvalue weighted by atomic mass is 9.72. The molecule has 2 atom stereocenters. The number of rotatable bonds is 0. The Labute approximate surface area is 102 Å². The number of ketones is 2. The third-order valence-corrected chi connectivity index (χ3v) is 3.54. The summed E-state index contributed by atoms with van der Waals surface area (Å²) in [5.74, 6) is -3.04. The van der Waals surface area contributed by atoms with Crippen LogP contribution in [0, 0.1) is 0 Å². The molecule has 1 fully saturated rings. The van der Waals surface area contributed by atoms with E-state index in [0.29, 0.717) is 0 Å². The van der Waals surface area contributed by atoms with Crippen molar-refractivity contribution < 1.29 is 29.6 Å². The van der Waals surface area contributed by atoms with Crippen LogP contribution in [-0.2, 0) is 14.3 Å². The van der Waals surface area contributed by atoms with Crippen molar-refractivity contribution in [2.75, 3.05) is 0 Å². The van der Waals surface area contributed by atoms with E-state index in [4.69, 9.17) is 4.74 Å². The molecule has 1 saturated heterocycles. The van der Waals surface area contributed by atoms with Crippen molar-refractivity contribution in [3.8, 4) is 0 Å². The number of carbonyl (C=O) groups is 2. The van der Waals surface area contributed by atoms with Gasteiger partial charge >= 0.3 is 0 Å². The lowest BCUT2D eigenvalue weighted by Gasteiger charge is -2.50. The number of allylic oxidation sites excluding steroid dienone is 1. The zero-order valence-corrected chi connectivity index (χ0v) is 9.47. The zero-order chi connectivity index (χ0) is 13.1. The molecule has 3 rings (SSSR count). The summed E-state index contributed by atoms with van der Waals surface area (Å²) in [7, 11) is 0. The van der Waals surface area contributed by atoms with Crippen LogP contribution >= 0.6 is 0 Å². The van der Waals surface area contributed by atoms with Crippen LogP contribution in [0.5, 0.6) is 0 Å². The summed E-state index contributed by atoms with van der Waals surface area (Å²) >= 11 is 0. The predicted molar refractivity (Wildman–Crippen MR) is 57.6 cm³/mol. The normalized spacial score (nSPS) is 39.5. The van der Waals surface area contributed by atoms with Gasteiger partial charge < -0.3 is 20.1 Å². The molecule has 1 aliphatic carbocycles. The van der Waals surface area contributed by atoms with Crippen molar-refractivity contribution in [3.05, 3.63) is 23.2 Å². The van der Waals surface area contributed by atoms with E-state index in [1.54, 1.807) is 0 Å². The minimum absolute atomic E-state index is 0.0554. The van der Waals surface area contributed by atoms with Crippen LogP contribution in [-0.4, -0.2) is 38.3 Å². The van der Waals surface area contributed by atoms with Gasteiger partial charge in [-0.25, -0.2) is 0 Å². The molecular weight excluding hydrogens is 240 g/mol. The van der Waals surface area contributed by atoms with Gasteiger partial charge in [-0.3, -0.25) is 9.59 Å². The number of carbonyl (C=O) groups excluding carboxylic acids is 2. The summed E-state index contributed by atoms with van der Waals surface area (Å²) in [5, 5.41) is 29.8. The first-order chi connectivity index (χ1) is 8.34. The van der Waals surface area contributed by atoms with Gasteiger partial charge in [-0.05, 0) is 0 Å². The lowest BCUT2D eigenvalue weighted by Crippen LogP contribution is -2.58. The summed E-state index contributed by atoms with van der Waals surface area (Å²) in [6.45, 7) is 0. The number of aliphatic hydroxyl groups is 3. The Morgan fingerprint density at radius 3 is 2.56 bits per heavy atom. The van der Waals surface area contributed by atoms with Crippen molar-refractivity contribution in [1.82, 2.24) is 0 Å². The second kappa shape index (κ2) is 3.21. The van der Waals surface area contributed by atoms with Gasteiger partial charge in [0.2, 0.25) is 0 Å². The van der Waals surface area contributed by atoms with Crippen LogP contribution in [0.1, 0.15) is 25.7 Å². The predicted octanol–water partition coefficient (Wildman–Crippen LogP) is 0.424. The van der Waals surface area contributed by atoms with Crippen molar-refractivity contribution in [2.45, 2.75) is 37.1 Å². The molecule has 1 spiro atoms. The SMILES string of the molecule is O=C1C=C(O)C2=C(O)CC3(O)CC(=O)C[C@]2(C1)O3. The molecule has 0 amide bonds. The highest BCUT2D eigenvalue weighted by molar-refractivity contribution is 5.96. The van der Waals surface area contributed by atoms with Crippen LogP contribution in [0.4, 0.5) is 0 Å². The monoisotopic (exact) mass is 252 g/mol. The Balaban J connectivity index is 2.22. The topological polar surface area (TPSA) is 104 Å². The molecule has 0 aromatic heterocycles. The van der Waals surface area contributed by atoms with E-state index in [1.165, 1.54) is 0 Å². The minimum Gasteiger partial charge on any atom is -0.512 e. The minimum atomic E-state index is -1.78. The van der Waals surface area contributed by atoms with E-state index in [2.05, 4.69) is 0 Å². The second-order valence-corrected chi connectivity index (χ2v) is 5.11. The molecule has 2 bridgehead atoms. The Bertz CT molecular complexity index is 531. The maximum Gasteiger partial charge on any atom is 0.180 e. The number of fused-ring (bicyclic) bond motifs is 1. The van der Waals surface area contributed by atoms with Crippen molar-refractivity contribution >= 4 is 11.6 Å². The molecule has 6 nitrogen and oxygen atoms in total. The molecule has 0 radical (unpaired) electrons. The third kappa shape index (κ3) is 1.42. The molecule has 0 saturated carbocycles. The fraction of sp³-hybridized carbons (Fsp3) is 0.500. The van der Waals surface area contributed by atoms with Crippen molar-refractivity contribution in [2.24, 2.45) is 0 Å². The van der Waals surface area contributed by atoms with Crippen molar-refractivity contribution in [3.63, 3.8) is 0 Å². The van der Waals surface area contributed by atoms with Crippen molar-refractivity contribution in [1.29, 1.82) is 0 Å². The first-order valence-electron chi connectivity index (χ1n) is 5.64. The molecule has 3 aliphatic rings. The first kappa shape index (κ1) is 11.4. The summed E-state index contributed by atoms with van der Waals surface area (Å²) in [5.41, 5.74) is -1.36. The molecule has 3 N–H and O–H groups in total. The average molecular weight is 252 g/mol. The van der Waals surface area contributed by atoms with E-state index >= 15 is 0 Å². The molecule has 96 valence electrons. The molecular formula is C12H12O6. The second-order valence-electron chi connectivity index (χ2n) is 5.11. The van der Waals surface area contributed by atoms with Gasteiger partial charge in [-0.2, -0.15) is 0 Å². The lowest BCUT2D eigenvalue weighted by molar-refractivity contribution is -0.281. The highest BCUT2D eigenvalue weighted by Gasteiger charge is 2.58. The smallest absolute Gasteiger partial charge is 0.180 e. The van der Waals surface area contributed by atoms with Gasteiger partial charge in [-0.1, -0.05) is 0 Å². The number of ether oxygens (including phenoxy) is 1. The van der Waals surface area contributed by atoms with E-state index in [9.17, 15) is 24.9 Å². The number of hydrogen-bond acceptors (Lipinski definition) is 6. The van der Waals surface area contributed by atoms with Crippen LogP contribution in [0.2, 0.25) is 0 Å². The molecule has 2 heterocycles. The summed E-state index contributed by atoms with van der Waals surface area (Å²) < 4.78 is 5.48. The van der Waals surface area contributed by atoms with E-state index < -0.39 is 17.2 Å². The Morgan fingerprint density at radius 2 is 1.83 bits per heavy atom. The van der Waals surface area contributed by atoms with Crippen LogP contribution in [0.15, 0.2) is 23.2 Å². The van der Waals surface area contributed by atoms with Crippen LogP contribution in [0.25, 0.3) is 0 Å². The van der Waals surface area contributed by atoms with Gasteiger partial charge in [0.25, 0.3) is 0 Å². The fourth-order valence-corrected chi connectivity index (χ4v) is 3.10. The molecule has 0 aromatic rings. The molecule has 2 aliphatic heterocycles. The molecule has 6 heteroatoms.